The van der Waals surface area contributed by atoms with Crippen molar-refractivity contribution in [3.63, 3.8) is 0 Å². The molecule has 0 saturated heterocycles. The first kappa shape index (κ1) is 15.6. The van der Waals surface area contributed by atoms with Crippen molar-refractivity contribution in [2.75, 3.05) is 5.73 Å². The van der Waals surface area contributed by atoms with E-state index in [0.717, 1.165) is 44.3 Å². The van der Waals surface area contributed by atoms with Gasteiger partial charge in [-0.25, -0.2) is 9.97 Å². The summed E-state index contributed by atoms with van der Waals surface area (Å²) >= 11 is 0. The number of nitrogens with two attached hydrogens (primary N) is 2. The molecule has 4 rings (SSSR count). The van der Waals surface area contributed by atoms with Gasteiger partial charge in [-0.1, -0.05) is 30.3 Å². The number of aryl methyl sites for hydroxylation is 3. The molecule has 4 aromatic rings. The monoisotopic (exact) mass is 331 g/mol. The minimum absolute atomic E-state index is 0.520. The zero-order valence-electron chi connectivity index (χ0n) is 14.7. The Morgan fingerprint density at radius 2 is 1.68 bits per heavy atom. The van der Waals surface area contributed by atoms with E-state index in [2.05, 4.69) is 47.7 Å². The predicted molar refractivity (Wildman–Crippen MR) is 103 cm³/mol. The van der Waals surface area contributed by atoms with E-state index in [1.807, 2.05) is 19.1 Å². The number of fused-ring (bicyclic) bond motifs is 3. The van der Waals surface area contributed by atoms with Crippen molar-refractivity contribution in [3.05, 3.63) is 58.9 Å². The van der Waals surface area contributed by atoms with E-state index in [1.165, 1.54) is 0 Å². The summed E-state index contributed by atoms with van der Waals surface area (Å²) in [5.74, 6) is 1.19. The third kappa shape index (κ3) is 2.27. The molecule has 2 aromatic heterocycles. The number of rotatable bonds is 2. The standard InChI is InChI=1S/C20H21N5/c1-11-8-14(10-21)9-12(2)18(11)25-16-7-5-4-6-15(16)17-19(22)23-13(3)24-20(17)25/h4-9H,10,21H2,1-3H3,(H2,22,23,24). The Labute approximate surface area is 146 Å². The first-order chi connectivity index (χ1) is 12.0. The van der Waals surface area contributed by atoms with Gasteiger partial charge in [0, 0.05) is 11.9 Å². The molecule has 0 aliphatic rings. The van der Waals surface area contributed by atoms with Gasteiger partial charge >= 0.3 is 0 Å². The average Bonchev–Trinajstić information content (AvgIpc) is 2.88. The second-order valence-electron chi connectivity index (χ2n) is 6.49. The van der Waals surface area contributed by atoms with Crippen molar-refractivity contribution >= 4 is 27.8 Å². The van der Waals surface area contributed by atoms with Crippen LogP contribution < -0.4 is 11.5 Å². The first-order valence-electron chi connectivity index (χ1n) is 8.35. The summed E-state index contributed by atoms with van der Waals surface area (Å²) in [5.41, 5.74) is 18.6. The molecule has 0 unspecified atom stereocenters. The van der Waals surface area contributed by atoms with Crippen LogP contribution in [0.15, 0.2) is 36.4 Å². The van der Waals surface area contributed by atoms with Crippen LogP contribution in [-0.2, 0) is 6.54 Å². The fraction of sp³-hybridized carbons (Fsp3) is 0.200. The zero-order chi connectivity index (χ0) is 17.7. The Morgan fingerprint density at radius 3 is 2.36 bits per heavy atom. The van der Waals surface area contributed by atoms with Gasteiger partial charge in [0.15, 0.2) is 5.65 Å². The van der Waals surface area contributed by atoms with Crippen LogP contribution in [0.3, 0.4) is 0 Å². The Bertz CT molecular complexity index is 1100. The van der Waals surface area contributed by atoms with Gasteiger partial charge in [-0.3, -0.25) is 4.57 Å². The lowest BCUT2D eigenvalue weighted by atomic mass is 10.0. The second-order valence-corrected chi connectivity index (χ2v) is 6.49. The zero-order valence-corrected chi connectivity index (χ0v) is 14.7. The number of hydrogen-bond acceptors (Lipinski definition) is 4. The van der Waals surface area contributed by atoms with E-state index in [9.17, 15) is 0 Å². The van der Waals surface area contributed by atoms with E-state index < -0.39 is 0 Å². The van der Waals surface area contributed by atoms with E-state index in [-0.39, 0.29) is 0 Å². The van der Waals surface area contributed by atoms with Gasteiger partial charge in [-0.05, 0) is 43.5 Å². The summed E-state index contributed by atoms with van der Waals surface area (Å²) in [5, 5.41) is 1.97. The molecule has 4 N–H and O–H groups in total. The number of aromatic nitrogens is 3. The summed E-state index contributed by atoms with van der Waals surface area (Å²) in [6.07, 6.45) is 0. The van der Waals surface area contributed by atoms with E-state index in [0.29, 0.717) is 18.2 Å². The molecule has 5 heteroatoms. The molecule has 5 nitrogen and oxygen atoms in total. The van der Waals surface area contributed by atoms with Crippen molar-refractivity contribution in [2.24, 2.45) is 5.73 Å². The van der Waals surface area contributed by atoms with Gasteiger partial charge in [-0.2, -0.15) is 0 Å². The van der Waals surface area contributed by atoms with Crippen LogP contribution in [0.1, 0.15) is 22.5 Å². The second kappa shape index (κ2) is 5.57. The van der Waals surface area contributed by atoms with E-state index >= 15 is 0 Å². The molecule has 0 aliphatic carbocycles. The van der Waals surface area contributed by atoms with Gasteiger partial charge in [0.1, 0.15) is 11.6 Å². The molecule has 126 valence electrons. The normalized spacial score (nSPS) is 11.5. The molecule has 0 spiro atoms. The number of anilines is 1. The molecule has 2 heterocycles. The Kier molecular flexibility index (Phi) is 3.47. The Hall–Kier alpha value is -2.92. The fourth-order valence-electron chi connectivity index (χ4n) is 3.74. The van der Waals surface area contributed by atoms with Gasteiger partial charge in [-0.15, -0.1) is 0 Å². The quantitative estimate of drug-likeness (QED) is 0.588. The van der Waals surface area contributed by atoms with Crippen LogP contribution in [0.2, 0.25) is 0 Å². The third-order valence-corrected chi connectivity index (χ3v) is 4.67. The summed E-state index contributed by atoms with van der Waals surface area (Å²) in [7, 11) is 0. The number of nitrogen functional groups attached to an aromatic ring is 1. The van der Waals surface area contributed by atoms with Crippen LogP contribution >= 0.6 is 0 Å². The highest BCUT2D eigenvalue weighted by molar-refractivity contribution is 6.12. The maximum absolute atomic E-state index is 6.26. The fourth-order valence-corrected chi connectivity index (χ4v) is 3.74. The highest BCUT2D eigenvalue weighted by Gasteiger charge is 2.19. The van der Waals surface area contributed by atoms with Crippen molar-refractivity contribution in [2.45, 2.75) is 27.3 Å². The van der Waals surface area contributed by atoms with Crippen LogP contribution in [0.4, 0.5) is 5.82 Å². The number of nitrogens with zero attached hydrogens (tertiary/aromatic N) is 3. The minimum atomic E-state index is 0.520. The molecule has 2 aromatic carbocycles. The third-order valence-electron chi connectivity index (χ3n) is 4.67. The molecular formula is C20H21N5. The van der Waals surface area contributed by atoms with Crippen molar-refractivity contribution in [1.29, 1.82) is 0 Å². The van der Waals surface area contributed by atoms with Crippen LogP contribution in [0.25, 0.3) is 27.6 Å². The van der Waals surface area contributed by atoms with Crippen LogP contribution in [0.5, 0.6) is 0 Å². The number of para-hydroxylation sites is 1. The average molecular weight is 331 g/mol. The largest absolute Gasteiger partial charge is 0.383 e. The lowest BCUT2D eigenvalue weighted by molar-refractivity contribution is 1.02. The van der Waals surface area contributed by atoms with Gasteiger partial charge < -0.3 is 11.5 Å². The maximum Gasteiger partial charge on any atom is 0.151 e. The summed E-state index contributed by atoms with van der Waals surface area (Å²) in [6, 6.07) is 12.5. The molecule has 25 heavy (non-hydrogen) atoms. The highest BCUT2D eigenvalue weighted by Crippen LogP contribution is 2.35. The Balaban J connectivity index is 2.22. The molecule has 0 saturated carbocycles. The SMILES string of the molecule is Cc1nc(N)c2c3ccccc3n(-c3c(C)cc(CN)cc3C)c2n1. The molecule has 0 fully saturated rings. The van der Waals surface area contributed by atoms with Crippen molar-refractivity contribution < 1.29 is 0 Å². The molecule has 0 atom stereocenters. The van der Waals surface area contributed by atoms with Crippen molar-refractivity contribution in [1.82, 2.24) is 14.5 Å². The van der Waals surface area contributed by atoms with Crippen molar-refractivity contribution in [3.8, 4) is 5.69 Å². The Morgan fingerprint density at radius 1 is 1.00 bits per heavy atom. The number of hydrogen-bond donors (Lipinski definition) is 2. The minimum Gasteiger partial charge on any atom is -0.383 e. The van der Waals surface area contributed by atoms with Crippen LogP contribution in [0, 0.1) is 20.8 Å². The maximum atomic E-state index is 6.26. The molecule has 0 radical (unpaired) electrons. The van der Waals surface area contributed by atoms with Gasteiger partial charge in [0.05, 0.1) is 16.6 Å². The van der Waals surface area contributed by atoms with Gasteiger partial charge in [0.25, 0.3) is 0 Å². The van der Waals surface area contributed by atoms with E-state index in [4.69, 9.17) is 16.5 Å². The lowest BCUT2D eigenvalue weighted by Gasteiger charge is -2.15. The lowest BCUT2D eigenvalue weighted by Crippen LogP contribution is -2.05. The summed E-state index contributed by atoms with van der Waals surface area (Å²) < 4.78 is 2.20. The van der Waals surface area contributed by atoms with Crippen LogP contribution in [-0.4, -0.2) is 14.5 Å². The molecule has 0 amide bonds. The molecule has 0 bridgehead atoms. The molecule has 0 aliphatic heterocycles. The summed E-state index contributed by atoms with van der Waals surface area (Å²) in [4.78, 5) is 9.09. The molecular weight excluding hydrogens is 310 g/mol. The highest BCUT2D eigenvalue weighted by atomic mass is 15.1. The number of benzene rings is 2. The topological polar surface area (TPSA) is 82.8 Å². The smallest absolute Gasteiger partial charge is 0.151 e. The first-order valence-corrected chi connectivity index (χ1v) is 8.35. The van der Waals surface area contributed by atoms with Gasteiger partial charge in [0.2, 0.25) is 0 Å². The predicted octanol–water partition coefficient (Wildman–Crippen LogP) is 3.54. The van der Waals surface area contributed by atoms with E-state index in [1.54, 1.807) is 0 Å². The summed E-state index contributed by atoms with van der Waals surface area (Å²) in [6.45, 7) is 6.62.